The van der Waals surface area contributed by atoms with Crippen LogP contribution >= 0.6 is 23.2 Å². The van der Waals surface area contributed by atoms with Gasteiger partial charge in [0.05, 0.1) is 11.6 Å². The predicted molar refractivity (Wildman–Crippen MR) is 85.8 cm³/mol. The molecule has 0 aliphatic carbocycles. The average Bonchev–Trinajstić information content (AvgIpc) is 2.54. The van der Waals surface area contributed by atoms with Crippen LogP contribution in [0.3, 0.4) is 0 Å². The first-order chi connectivity index (χ1) is 10.6. The van der Waals surface area contributed by atoms with E-state index in [0.29, 0.717) is 10.6 Å². The van der Waals surface area contributed by atoms with Crippen LogP contribution in [-0.4, -0.2) is 17.6 Å². The summed E-state index contributed by atoms with van der Waals surface area (Å²) in [6.07, 6.45) is 0.986. The molecule has 0 aliphatic rings. The minimum atomic E-state index is -0.523. The smallest absolute Gasteiger partial charge is 0.408 e. The van der Waals surface area contributed by atoms with Crippen molar-refractivity contribution in [3.8, 4) is 11.8 Å². The molecule has 1 amide bonds. The van der Waals surface area contributed by atoms with Gasteiger partial charge in [0.25, 0.3) is 0 Å². The van der Waals surface area contributed by atoms with E-state index in [0.717, 1.165) is 5.56 Å². The van der Waals surface area contributed by atoms with Gasteiger partial charge in [-0.15, -0.1) is 0 Å². The van der Waals surface area contributed by atoms with Crippen molar-refractivity contribution in [2.45, 2.75) is 6.61 Å². The molecule has 0 fully saturated rings. The van der Waals surface area contributed by atoms with Crippen molar-refractivity contribution < 1.29 is 9.53 Å². The van der Waals surface area contributed by atoms with Crippen LogP contribution in [0.1, 0.15) is 11.1 Å². The fourth-order valence-corrected chi connectivity index (χ4v) is 1.80. The second-order valence-corrected chi connectivity index (χ2v) is 4.98. The zero-order chi connectivity index (χ0) is 15.8. The number of hydrogen-bond acceptors (Lipinski definition) is 3. The van der Waals surface area contributed by atoms with Crippen LogP contribution in [0.4, 0.5) is 4.79 Å². The van der Waals surface area contributed by atoms with Crippen LogP contribution in [0.15, 0.2) is 42.6 Å². The lowest BCUT2D eigenvalue weighted by atomic mass is 10.2. The summed E-state index contributed by atoms with van der Waals surface area (Å²) >= 11 is 11.5. The summed E-state index contributed by atoms with van der Waals surface area (Å²) in [6, 6.07) is 11.0. The maximum absolute atomic E-state index is 11.5. The number of pyridine rings is 1. The highest BCUT2D eigenvalue weighted by atomic mass is 35.5. The third-order valence-electron chi connectivity index (χ3n) is 2.56. The van der Waals surface area contributed by atoms with Crippen molar-refractivity contribution in [2.24, 2.45) is 0 Å². The molecule has 6 heteroatoms. The van der Waals surface area contributed by atoms with E-state index in [1.165, 1.54) is 6.20 Å². The number of aromatic nitrogens is 1. The van der Waals surface area contributed by atoms with Crippen molar-refractivity contribution in [3.63, 3.8) is 0 Å². The summed E-state index contributed by atoms with van der Waals surface area (Å²) in [4.78, 5) is 15.3. The Balaban J connectivity index is 1.75. The normalized spacial score (nSPS) is 9.55. The molecule has 0 bridgehead atoms. The monoisotopic (exact) mass is 334 g/mol. The molecule has 1 heterocycles. The Kier molecular flexibility index (Phi) is 6.08. The number of ether oxygens (including phenoxy) is 1. The summed E-state index contributed by atoms with van der Waals surface area (Å²) in [5, 5.41) is 3.10. The van der Waals surface area contributed by atoms with E-state index in [9.17, 15) is 4.79 Å². The predicted octanol–water partition coefficient (Wildman–Crippen LogP) is 3.67. The average molecular weight is 335 g/mol. The largest absolute Gasteiger partial charge is 0.445 e. The summed E-state index contributed by atoms with van der Waals surface area (Å²) in [7, 11) is 0. The molecule has 2 rings (SSSR count). The van der Waals surface area contributed by atoms with Gasteiger partial charge in [-0.2, -0.15) is 0 Å². The van der Waals surface area contributed by atoms with E-state index in [1.54, 1.807) is 6.07 Å². The number of alkyl carbamates (subject to hydrolysis) is 1. The highest BCUT2D eigenvalue weighted by Crippen LogP contribution is 2.18. The van der Waals surface area contributed by atoms with Crippen LogP contribution in [0.2, 0.25) is 10.2 Å². The fraction of sp³-hybridized carbons (Fsp3) is 0.125. The molecule has 2 aromatic rings. The zero-order valence-electron chi connectivity index (χ0n) is 11.5. The molecule has 1 N–H and O–H groups in total. The molecule has 4 nitrogen and oxygen atoms in total. The van der Waals surface area contributed by atoms with Crippen molar-refractivity contribution in [1.82, 2.24) is 10.3 Å². The molecule has 0 aliphatic heterocycles. The number of carbonyl (C=O) groups excluding carboxylic acids is 1. The van der Waals surface area contributed by atoms with Gasteiger partial charge in [0, 0.05) is 11.8 Å². The quantitative estimate of drug-likeness (QED) is 0.688. The molecule has 1 aromatic heterocycles. The number of carbonyl (C=O) groups is 1. The maximum atomic E-state index is 11.5. The number of nitrogens with one attached hydrogen (secondary N) is 1. The first-order valence-electron chi connectivity index (χ1n) is 6.39. The Morgan fingerprint density at radius 1 is 1.27 bits per heavy atom. The van der Waals surface area contributed by atoms with E-state index >= 15 is 0 Å². The van der Waals surface area contributed by atoms with Gasteiger partial charge in [0.1, 0.15) is 11.8 Å². The Hall–Kier alpha value is -2.22. The van der Waals surface area contributed by atoms with Crippen molar-refractivity contribution in [1.29, 1.82) is 0 Å². The lowest BCUT2D eigenvalue weighted by molar-refractivity contribution is 0.141. The van der Waals surface area contributed by atoms with E-state index in [1.807, 2.05) is 30.3 Å². The van der Waals surface area contributed by atoms with Gasteiger partial charge in [0.15, 0.2) is 0 Å². The number of rotatable bonds is 3. The van der Waals surface area contributed by atoms with Gasteiger partial charge in [-0.25, -0.2) is 9.78 Å². The van der Waals surface area contributed by atoms with Gasteiger partial charge in [-0.3, -0.25) is 0 Å². The summed E-state index contributed by atoms with van der Waals surface area (Å²) < 4.78 is 5.05. The Morgan fingerprint density at radius 2 is 2.05 bits per heavy atom. The lowest BCUT2D eigenvalue weighted by Crippen LogP contribution is -2.24. The van der Waals surface area contributed by atoms with Crippen molar-refractivity contribution in [2.75, 3.05) is 6.54 Å². The lowest BCUT2D eigenvalue weighted by Gasteiger charge is -2.04. The standard InChI is InChI=1S/C16H12Cl2N2O2/c17-14-9-13(10-20-15(14)18)7-4-8-19-16(21)22-11-12-5-2-1-3-6-12/h1-3,5-6,9-10H,8,11H2,(H,19,21). The van der Waals surface area contributed by atoms with Gasteiger partial charge < -0.3 is 10.1 Å². The number of amides is 1. The molecule has 0 spiro atoms. The highest BCUT2D eigenvalue weighted by Gasteiger charge is 2.00. The third kappa shape index (κ3) is 5.28. The first-order valence-corrected chi connectivity index (χ1v) is 7.15. The number of nitrogens with zero attached hydrogens (tertiary/aromatic N) is 1. The summed E-state index contributed by atoms with van der Waals surface area (Å²) in [5.41, 5.74) is 1.54. The summed E-state index contributed by atoms with van der Waals surface area (Å²) in [5.74, 6) is 5.59. The van der Waals surface area contributed by atoms with E-state index < -0.39 is 6.09 Å². The Bertz CT molecular complexity index is 709. The molecule has 0 saturated heterocycles. The second kappa shape index (κ2) is 8.28. The Labute approximate surface area is 138 Å². The third-order valence-corrected chi connectivity index (χ3v) is 3.25. The van der Waals surface area contributed by atoms with Crippen LogP contribution in [0, 0.1) is 11.8 Å². The zero-order valence-corrected chi connectivity index (χ0v) is 13.0. The van der Waals surface area contributed by atoms with Crippen molar-refractivity contribution in [3.05, 3.63) is 63.9 Å². The first kappa shape index (κ1) is 16.2. The molecule has 0 unspecified atom stereocenters. The number of benzene rings is 1. The van der Waals surface area contributed by atoms with Gasteiger partial charge >= 0.3 is 6.09 Å². The number of halogens is 2. The van der Waals surface area contributed by atoms with E-state index in [2.05, 4.69) is 22.1 Å². The Morgan fingerprint density at radius 3 is 2.77 bits per heavy atom. The molecule has 1 aromatic carbocycles. The van der Waals surface area contributed by atoms with Crippen LogP contribution < -0.4 is 5.32 Å². The van der Waals surface area contributed by atoms with Gasteiger partial charge in [-0.1, -0.05) is 65.4 Å². The van der Waals surface area contributed by atoms with Crippen LogP contribution in [-0.2, 0) is 11.3 Å². The number of hydrogen-bond donors (Lipinski definition) is 1. The highest BCUT2D eigenvalue weighted by molar-refractivity contribution is 6.41. The van der Waals surface area contributed by atoms with Crippen molar-refractivity contribution >= 4 is 29.3 Å². The topological polar surface area (TPSA) is 51.2 Å². The molecule has 0 atom stereocenters. The summed E-state index contributed by atoms with van der Waals surface area (Å²) in [6.45, 7) is 0.380. The second-order valence-electron chi connectivity index (χ2n) is 4.21. The fourth-order valence-electron chi connectivity index (χ4n) is 1.53. The molecular formula is C16H12Cl2N2O2. The van der Waals surface area contributed by atoms with Crippen LogP contribution in [0.5, 0.6) is 0 Å². The van der Waals surface area contributed by atoms with E-state index in [-0.39, 0.29) is 18.3 Å². The maximum Gasteiger partial charge on any atom is 0.408 e. The van der Waals surface area contributed by atoms with Gasteiger partial charge in [0.2, 0.25) is 0 Å². The minimum absolute atomic E-state index is 0.161. The van der Waals surface area contributed by atoms with E-state index in [4.69, 9.17) is 27.9 Å². The minimum Gasteiger partial charge on any atom is -0.445 e. The van der Waals surface area contributed by atoms with Gasteiger partial charge in [-0.05, 0) is 11.6 Å². The molecule has 112 valence electrons. The SMILES string of the molecule is O=C(NCC#Cc1cnc(Cl)c(Cl)c1)OCc1ccccc1. The molecule has 22 heavy (non-hydrogen) atoms. The molecule has 0 saturated carbocycles. The molecular weight excluding hydrogens is 323 g/mol. The van der Waals surface area contributed by atoms with Crippen LogP contribution in [0.25, 0.3) is 0 Å². The molecule has 0 radical (unpaired) electrons.